The van der Waals surface area contributed by atoms with E-state index in [1.165, 1.54) is 0 Å². The summed E-state index contributed by atoms with van der Waals surface area (Å²) >= 11 is 0. The minimum Gasteiger partial charge on any atom is -0.336 e. The van der Waals surface area contributed by atoms with Crippen molar-refractivity contribution in [3.63, 3.8) is 0 Å². The summed E-state index contributed by atoms with van der Waals surface area (Å²) in [6.07, 6.45) is 4.88. The predicted octanol–water partition coefficient (Wildman–Crippen LogP) is -0.0530. The number of piperazine rings is 1. The minimum absolute atomic E-state index is 0.0558. The SMILES string of the molecule is NC1CCC(C(=O)N2CCN(C3CC3)C(=O)C2)C1. The van der Waals surface area contributed by atoms with Gasteiger partial charge in [0.25, 0.3) is 0 Å². The van der Waals surface area contributed by atoms with Crippen molar-refractivity contribution in [2.75, 3.05) is 19.6 Å². The van der Waals surface area contributed by atoms with Crippen molar-refractivity contribution in [2.45, 2.75) is 44.2 Å². The van der Waals surface area contributed by atoms with Gasteiger partial charge in [0.15, 0.2) is 0 Å². The average molecular weight is 251 g/mol. The molecular weight excluding hydrogens is 230 g/mol. The zero-order valence-electron chi connectivity index (χ0n) is 10.7. The molecule has 100 valence electrons. The van der Waals surface area contributed by atoms with Gasteiger partial charge in [0.1, 0.15) is 0 Å². The second kappa shape index (κ2) is 4.53. The molecule has 0 bridgehead atoms. The van der Waals surface area contributed by atoms with Gasteiger partial charge in [-0.1, -0.05) is 0 Å². The smallest absolute Gasteiger partial charge is 0.242 e. The van der Waals surface area contributed by atoms with Gasteiger partial charge < -0.3 is 15.5 Å². The highest BCUT2D eigenvalue weighted by Gasteiger charge is 2.39. The van der Waals surface area contributed by atoms with Gasteiger partial charge >= 0.3 is 0 Å². The van der Waals surface area contributed by atoms with E-state index in [1.54, 1.807) is 4.90 Å². The van der Waals surface area contributed by atoms with Crippen molar-refractivity contribution in [1.82, 2.24) is 9.80 Å². The average Bonchev–Trinajstić information content (AvgIpc) is 3.10. The number of rotatable bonds is 2. The Morgan fingerprint density at radius 2 is 1.94 bits per heavy atom. The second-order valence-electron chi connectivity index (χ2n) is 5.85. The van der Waals surface area contributed by atoms with Crippen LogP contribution in [0.5, 0.6) is 0 Å². The fraction of sp³-hybridized carbons (Fsp3) is 0.846. The molecule has 2 saturated carbocycles. The largest absolute Gasteiger partial charge is 0.336 e. The van der Waals surface area contributed by atoms with Crippen LogP contribution in [0.25, 0.3) is 0 Å². The molecule has 3 fully saturated rings. The molecule has 0 aromatic heterocycles. The first kappa shape index (κ1) is 12.0. The van der Waals surface area contributed by atoms with E-state index in [2.05, 4.69) is 0 Å². The first-order valence-corrected chi connectivity index (χ1v) is 6.99. The van der Waals surface area contributed by atoms with Gasteiger partial charge in [-0.3, -0.25) is 9.59 Å². The molecule has 2 unspecified atom stereocenters. The Morgan fingerprint density at radius 1 is 1.17 bits per heavy atom. The molecule has 18 heavy (non-hydrogen) atoms. The lowest BCUT2D eigenvalue weighted by atomic mass is 10.1. The number of hydrogen-bond acceptors (Lipinski definition) is 3. The van der Waals surface area contributed by atoms with Crippen LogP contribution in [0, 0.1) is 5.92 Å². The summed E-state index contributed by atoms with van der Waals surface area (Å²) in [7, 11) is 0. The molecule has 3 rings (SSSR count). The lowest BCUT2D eigenvalue weighted by Gasteiger charge is -2.35. The molecule has 0 aromatic rings. The maximum atomic E-state index is 12.3. The van der Waals surface area contributed by atoms with Crippen LogP contribution in [-0.4, -0.2) is 53.3 Å². The van der Waals surface area contributed by atoms with Crippen LogP contribution in [-0.2, 0) is 9.59 Å². The molecule has 0 radical (unpaired) electrons. The Hall–Kier alpha value is -1.10. The first-order chi connectivity index (χ1) is 8.65. The molecule has 1 saturated heterocycles. The van der Waals surface area contributed by atoms with Crippen molar-refractivity contribution in [3.05, 3.63) is 0 Å². The standard InChI is InChI=1S/C13H21N3O2/c14-10-2-1-9(7-10)13(18)15-5-6-16(11-3-4-11)12(17)8-15/h9-11H,1-8,14H2. The van der Waals surface area contributed by atoms with E-state index in [1.807, 2.05) is 4.90 Å². The van der Waals surface area contributed by atoms with E-state index in [0.717, 1.165) is 32.1 Å². The normalized spacial score (nSPS) is 33.1. The van der Waals surface area contributed by atoms with Gasteiger partial charge in [-0.25, -0.2) is 0 Å². The van der Waals surface area contributed by atoms with E-state index in [4.69, 9.17) is 5.73 Å². The summed E-state index contributed by atoms with van der Waals surface area (Å²) in [6.45, 7) is 1.70. The lowest BCUT2D eigenvalue weighted by molar-refractivity contribution is -0.147. The molecule has 2 N–H and O–H groups in total. The Morgan fingerprint density at radius 3 is 2.50 bits per heavy atom. The minimum atomic E-state index is 0.0558. The van der Waals surface area contributed by atoms with Crippen LogP contribution in [0.4, 0.5) is 0 Å². The summed E-state index contributed by atoms with van der Waals surface area (Å²) in [6, 6.07) is 0.636. The summed E-state index contributed by atoms with van der Waals surface area (Å²) < 4.78 is 0. The van der Waals surface area contributed by atoms with Gasteiger partial charge in [-0.05, 0) is 32.1 Å². The second-order valence-corrected chi connectivity index (χ2v) is 5.85. The molecule has 0 spiro atoms. The highest BCUT2D eigenvalue weighted by atomic mass is 16.2. The molecule has 1 aliphatic heterocycles. The number of nitrogens with zero attached hydrogens (tertiary/aromatic N) is 2. The van der Waals surface area contributed by atoms with E-state index in [0.29, 0.717) is 19.1 Å². The van der Waals surface area contributed by atoms with Crippen molar-refractivity contribution in [1.29, 1.82) is 0 Å². The monoisotopic (exact) mass is 251 g/mol. The van der Waals surface area contributed by atoms with Gasteiger partial charge in [0.05, 0.1) is 6.54 Å². The van der Waals surface area contributed by atoms with Gasteiger partial charge in [0, 0.05) is 31.1 Å². The molecule has 0 aromatic carbocycles. The summed E-state index contributed by atoms with van der Waals surface area (Å²) in [5, 5.41) is 0. The van der Waals surface area contributed by atoms with Crippen LogP contribution in [0.15, 0.2) is 0 Å². The first-order valence-electron chi connectivity index (χ1n) is 6.99. The third-order valence-corrected chi connectivity index (χ3v) is 4.38. The highest BCUT2D eigenvalue weighted by molar-refractivity contribution is 5.87. The van der Waals surface area contributed by atoms with Crippen molar-refractivity contribution in [3.8, 4) is 0 Å². The predicted molar refractivity (Wildman–Crippen MR) is 66.6 cm³/mol. The number of hydrogen-bond donors (Lipinski definition) is 1. The zero-order valence-corrected chi connectivity index (χ0v) is 10.7. The fourth-order valence-electron chi connectivity index (χ4n) is 3.15. The van der Waals surface area contributed by atoms with Crippen LogP contribution >= 0.6 is 0 Å². The van der Waals surface area contributed by atoms with Gasteiger partial charge in [-0.15, -0.1) is 0 Å². The Bertz CT molecular complexity index is 367. The van der Waals surface area contributed by atoms with Crippen LogP contribution in [0.2, 0.25) is 0 Å². The number of nitrogens with two attached hydrogens (primary N) is 1. The Kier molecular flexibility index (Phi) is 3.01. The van der Waals surface area contributed by atoms with Gasteiger partial charge in [-0.2, -0.15) is 0 Å². The molecular formula is C13H21N3O2. The maximum Gasteiger partial charge on any atom is 0.242 e. The lowest BCUT2D eigenvalue weighted by Crippen LogP contribution is -2.54. The molecule has 1 heterocycles. The molecule has 5 heteroatoms. The van der Waals surface area contributed by atoms with Crippen LogP contribution < -0.4 is 5.73 Å². The maximum absolute atomic E-state index is 12.3. The highest BCUT2D eigenvalue weighted by Crippen LogP contribution is 2.30. The third-order valence-electron chi connectivity index (χ3n) is 4.38. The van der Waals surface area contributed by atoms with Crippen LogP contribution in [0.1, 0.15) is 32.1 Å². The van der Waals surface area contributed by atoms with Crippen molar-refractivity contribution in [2.24, 2.45) is 11.7 Å². The molecule has 5 nitrogen and oxygen atoms in total. The van der Waals surface area contributed by atoms with E-state index in [9.17, 15) is 9.59 Å². The molecule has 3 aliphatic rings. The zero-order chi connectivity index (χ0) is 12.7. The summed E-state index contributed by atoms with van der Waals surface area (Å²) in [5.41, 5.74) is 5.84. The quantitative estimate of drug-likeness (QED) is 0.748. The van der Waals surface area contributed by atoms with Crippen LogP contribution in [0.3, 0.4) is 0 Å². The Labute approximate surface area is 107 Å². The Balaban J connectivity index is 1.57. The van der Waals surface area contributed by atoms with Crippen molar-refractivity contribution < 1.29 is 9.59 Å². The fourth-order valence-corrected chi connectivity index (χ4v) is 3.15. The molecule has 2 atom stereocenters. The molecule has 2 aliphatic carbocycles. The summed E-state index contributed by atoms with van der Waals surface area (Å²) in [4.78, 5) is 27.9. The molecule has 2 amide bonds. The third kappa shape index (κ3) is 2.23. The topological polar surface area (TPSA) is 66.6 Å². The van der Waals surface area contributed by atoms with E-state index < -0.39 is 0 Å². The van der Waals surface area contributed by atoms with E-state index >= 15 is 0 Å². The number of amides is 2. The number of carbonyl (C=O) groups is 2. The van der Waals surface area contributed by atoms with Gasteiger partial charge in [0.2, 0.25) is 11.8 Å². The summed E-state index contributed by atoms with van der Waals surface area (Å²) in [5.74, 6) is 0.325. The number of carbonyl (C=O) groups excluding carboxylic acids is 2. The van der Waals surface area contributed by atoms with Crippen molar-refractivity contribution >= 4 is 11.8 Å². The van der Waals surface area contributed by atoms with E-state index in [-0.39, 0.29) is 30.3 Å².